The first-order valence-electron chi connectivity index (χ1n) is 10.9. The number of hydrogen-bond donors (Lipinski definition) is 0. The van der Waals surface area contributed by atoms with Gasteiger partial charge in [-0.05, 0) is 74.7 Å². The number of nitriles is 4. The molecule has 0 bridgehead atoms. The molecule has 0 unspecified atom stereocenters. The van der Waals surface area contributed by atoms with E-state index in [9.17, 15) is 21.0 Å². The van der Waals surface area contributed by atoms with Crippen molar-refractivity contribution < 1.29 is 0 Å². The van der Waals surface area contributed by atoms with E-state index in [1.807, 2.05) is 18.2 Å². The summed E-state index contributed by atoms with van der Waals surface area (Å²) < 4.78 is 0. The number of fused-ring (bicyclic) bond motifs is 6. The van der Waals surface area contributed by atoms with Crippen molar-refractivity contribution in [3.05, 3.63) is 114 Å². The molecule has 0 amide bonds. The Morgan fingerprint density at radius 1 is 0.658 bits per heavy atom. The van der Waals surface area contributed by atoms with Crippen molar-refractivity contribution in [2.75, 3.05) is 0 Å². The van der Waals surface area contributed by atoms with Gasteiger partial charge in [0, 0.05) is 5.22 Å². The van der Waals surface area contributed by atoms with Crippen molar-refractivity contribution >= 4 is 22.8 Å². The van der Waals surface area contributed by atoms with Crippen LogP contribution in [0, 0.1) is 71.6 Å². The second kappa shape index (κ2) is 8.52. The molecule has 0 radical (unpaired) electrons. The molecule has 2 aliphatic rings. The fourth-order valence-corrected chi connectivity index (χ4v) is 5.42. The molecule has 0 spiro atoms. The Labute approximate surface area is 217 Å². The standard InChI is InChI=1S/C30H8N8/c1-35-17-7-21-19(24(8-17)36-2)10-23-27(25(13-33)37-3)22-9-18-16(12-32)5-15(11-31)6-20(18)28(22)30(29(21)23)26(14-34)38-4/h5-8H,9-10H2/b27-25-,30-26-. The Morgan fingerprint density at radius 3 is 1.79 bits per heavy atom. The zero-order valence-corrected chi connectivity index (χ0v) is 19.3. The highest BCUT2D eigenvalue weighted by atomic mass is 14.7. The van der Waals surface area contributed by atoms with Crippen LogP contribution < -0.4 is 10.4 Å². The largest absolute Gasteiger partial charge is 0.270 e. The molecule has 2 aliphatic carbocycles. The molecule has 3 aromatic rings. The number of rotatable bonds is 0. The van der Waals surface area contributed by atoms with Gasteiger partial charge in [0.15, 0.2) is 11.4 Å². The summed E-state index contributed by atoms with van der Waals surface area (Å²) in [5.74, 6) is 0. The van der Waals surface area contributed by atoms with Crippen LogP contribution in [-0.2, 0) is 12.8 Å². The van der Waals surface area contributed by atoms with Gasteiger partial charge in [-0.1, -0.05) is 12.1 Å². The topological polar surface area (TPSA) is 113 Å². The summed E-state index contributed by atoms with van der Waals surface area (Å²) in [4.78, 5) is 14.0. The highest BCUT2D eigenvalue weighted by Crippen LogP contribution is 2.45. The molecule has 0 heterocycles. The van der Waals surface area contributed by atoms with Crippen molar-refractivity contribution in [1.29, 1.82) is 21.0 Å². The SMILES string of the molecule is [C-]#[N+]/C(C#N)=c1/c2c(/c(=C(\C#N)[N+]#[C-])c3c1Cc1c([N+]#[C-])cc([N+]#[C-])cc1-3)-c1cc(C#N)cc(C#N)c1C2. The monoisotopic (exact) mass is 480 g/mol. The van der Waals surface area contributed by atoms with Crippen LogP contribution in [0.2, 0.25) is 0 Å². The van der Waals surface area contributed by atoms with E-state index in [1.165, 1.54) is 12.1 Å². The summed E-state index contributed by atoms with van der Waals surface area (Å²) in [5, 5.41) is 40.0. The zero-order valence-electron chi connectivity index (χ0n) is 19.3. The minimum atomic E-state index is -0.246. The summed E-state index contributed by atoms with van der Waals surface area (Å²) in [7, 11) is 0. The van der Waals surface area contributed by atoms with Crippen LogP contribution >= 0.6 is 0 Å². The van der Waals surface area contributed by atoms with Crippen LogP contribution in [0.4, 0.5) is 11.4 Å². The average Bonchev–Trinajstić information content (AvgIpc) is 3.52. The average molecular weight is 480 g/mol. The highest BCUT2D eigenvalue weighted by molar-refractivity contribution is 5.96. The van der Waals surface area contributed by atoms with Gasteiger partial charge in [-0.25, -0.2) is 29.9 Å². The molecule has 0 saturated heterocycles. The molecule has 0 aliphatic heterocycles. The fourth-order valence-electron chi connectivity index (χ4n) is 5.42. The second-order valence-electron chi connectivity index (χ2n) is 8.44. The Balaban J connectivity index is 2.18. The lowest BCUT2D eigenvalue weighted by Gasteiger charge is -2.14. The van der Waals surface area contributed by atoms with Crippen LogP contribution in [0.1, 0.15) is 33.4 Å². The van der Waals surface area contributed by atoms with Gasteiger partial charge in [0.2, 0.25) is 0 Å². The van der Waals surface area contributed by atoms with Gasteiger partial charge < -0.3 is 0 Å². The molecule has 0 aromatic heterocycles. The molecule has 38 heavy (non-hydrogen) atoms. The second-order valence-corrected chi connectivity index (χ2v) is 8.44. The third-order valence-electron chi connectivity index (χ3n) is 6.82. The van der Waals surface area contributed by atoms with Crippen LogP contribution in [0.3, 0.4) is 0 Å². The van der Waals surface area contributed by atoms with Crippen molar-refractivity contribution in [3.8, 4) is 46.5 Å². The molecule has 0 fully saturated rings. The first kappa shape index (κ1) is 23.1. The molecule has 8 heteroatoms. The van der Waals surface area contributed by atoms with Crippen molar-refractivity contribution in [2.24, 2.45) is 0 Å². The van der Waals surface area contributed by atoms with Crippen molar-refractivity contribution in [3.63, 3.8) is 0 Å². The van der Waals surface area contributed by atoms with Gasteiger partial charge in [-0.2, -0.15) is 10.5 Å². The minimum absolute atomic E-state index is 0.158. The molecule has 0 atom stereocenters. The van der Waals surface area contributed by atoms with Gasteiger partial charge in [-0.3, -0.25) is 0 Å². The van der Waals surface area contributed by atoms with Gasteiger partial charge in [-0.15, -0.1) is 0 Å². The molecule has 3 aromatic carbocycles. The van der Waals surface area contributed by atoms with Crippen LogP contribution in [0.25, 0.3) is 53.0 Å². The molecular weight excluding hydrogens is 472 g/mol. The third kappa shape index (κ3) is 2.95. The summed E-state index contributed by atoms with van der Waals surface area (Å²) in [6.07, 6.45) is 0.324. The molecule has 0 N–H and O–H groups in total. The zero-order chi connectivity index (χ0) is 27.1. The number of nitrogens with zero attached hydrogens (tertiary/aromatic N) is 8. The lowest BCUT2D eigenvalue weighted by molar-refractivity contribution is 1.16. The van der Waals surface area contributed by atoms with Crippen molar-refractivity contribution in [2.45, 2.75) is 12.8 Å². The van der Waals surface area contributed by atoms with E-state index in [0.717, 1.165) is 0 Å². The number of benzene rings is 3. The predicted molar refractivity (Wildman–Crippen MR) is 135 cm³/mol. The Kier molecular flexibility index (Phi) is 5.17. The Hall–Kier alpha value is -6.68. The summed E-state index contributed by atoms with van der Waals surface area (Å²) in [5.41, 5.74) is 4.47. The third-order valence-corrected chi connectivity index (χ3v) is 6.82. The summed E-state index contributed by atoms with van der Waals surface area (Å²) >= 11 is 0. The molecular formula is C30H8N8. The fraction of sp³-hybridized carbons (Fsp3) is 0.0667. The Bertz CT molecular complexity index is 2010. The molecule has 0 saturated carbocycles. The smallest absolute Gasteiger partial charge is 0.239 e. The Morgan fingerprint density at radius 2 is 1.26 bits per heavy atom. The van der Waals surface area contributed by atoms with E-state index >= 15 is 0 Å². The summed E-state index contributed by atoms with van der Waals surface area (Å²) in [6.45, 7) is 30.7. The van der Waals surface area contributed by atoms with E-state index < -0.39 is 0 Å². The highest BCUT2D eigenvalue weighted by Gasteiger charge is 2.34. The van der Waals surface area contributed by atoms with Crippen molar-refractivity contribution in [1.82, 2.24) is 0 Å². The van der Waals surface area contributed by atoms with Crippen LogP contribution in [0.15, 0.2) is 24.3 Å². The maximum atomic E-state index is 10.0. The maximum Gasteiger partial charge on any atom is 0.270 e. The lowest BCUT2D eigenvalue weighted by atomic mass is 9.90. The predicted octanol–water partition coefficient (Wildman–Crippen LogP) is 4.78. The van der Waals surface area contributed by atoms with E-state index in [-0.39, 0.29) is 52.0 Å². The van der Waals surface area contributed by atoms with Gasteiger partial charge in [0.25, 0.3) is 11.4 Å². The van der Waals surface area contributed by atoms with Crippen LogP contribution in [0.5, 0.6) is 0 Å². The first-order chi connectivity index (χ1) is 18.5. The summed E-state index contributed by atoms with van der Waals surface area (Å²) in [6, 6.07) is 14.2. The van der Waals surface area contributed by atoms with E-state index in [0.29, 0.717) is 49.7 Å². The van der Waals surface area contributed by atoms with E-state index in [2.05, 4.69) is 25.4 Å². The number of hydrogen-bond acceptors (Lipinski definition) is 4. The normalized spacial score (nSPS) is 12.6. The molecule has 5 rings (SSSR count). The first-order valence-corrected chi connectivity index (χ1v) is 10.9. The minimum Gasteiger partial charge on any atom is -0.239 e. The van der Waals surface area contributed by atoms with E-state index in [4.69, 9.17) is 26.3 Å². The maximum absolute atomic E-state index is 10.0. The lowest BCUT2D eigenvalue weighted by Crippen LogP contribution is -2.25. The van der Waals surface area contributed by atoms with E-state index in [1.54, 1.807) is 12.1 Å². The van der Waals surface area contributed by atoms with Gasteiger partial charge >= 0.3 is 0 Å². The van der Waals surface area contributed by atoms with Gasteiger partial charge in [0.05, 0.1) is 61.7 Å². The quantitative estimate of drug-likeness (QED) is 0.297. The van der Waals surface area contributed by atoms with Crippen LogP contribution in [-0.4, -0.2) is 0 Å². The molecule has 8 nitrogen and oxygen atoms in total. The van der Waals surface area contributed by atoms with Gasteiger partial charge in [0.1, 0.15) is 0 Å². The molecule has 168 valence electrons.